The lowest BCUT2D eigenvalue weighted by Crippen LogP contribution is -2.48. The lowest BCUT2D eigenvalue weighted by atomic mass is 9.95. The number of amides is 2. The van der Waals surface area contributed by atoms with Gasteiger partial charge in [0.25, 0.3) is 5.91 Å². The molecule has 1 saturated heterocycles. The Morgan fingerprint density at radius 1 is 1.14 bits per heavy atom. The minimum absolute atomic E-state index is 0.0904. The third-order valence-corrected chi connectivity index (χ3v) is 6.59. The largest absolute Gasteiger partial charge is 0.365 e. The van der Waals surface area contributed by atoms with Crippen molar-refractivity contribution in [3.63, 3.8) is 0 Å². The number of nitrogens with zero attached hydrogens (tertiary/aromatic N) is 3. The fourth-order valence-corrected chi connectivity index (χ4v) is 5.27. The third kappa shape index (κ3) is 4.02. The van der Waals surface area contributed by atoms with Crippen LogP contribution in [0.3, 0.4) is 0 Å². The summed E-state index contributed by atoms with van der Waals surface area (Å²) >= 11 is 1.51. The Morgan fingerprint density at radius 2 is 1.93 bits per heavy atom. The van der Waals surface area contributed by atoms with Gasteiger partial charge in [0.1, 0.15) is 10.8 Å². The molecule has 3 heterocycles. The molecule has 8 heteroatoms. The summed E-state index contributed by atoms with van der Waals surface area (Å²) in [6.45, 7) is 3.59. The van der Waals surface area contributed by atoms with E-state index in [-0.39, 0.29) is 5.91 Å². The number of hydrogen-bond donors (Lipinski definition) is 2. The highest BCUT2D eigenvalue weighted by molar-refractivity contribution is 7.17. The molecule has 7 nitrogen and oxygen atoms in total. The maximum atomic E-state index is 12.6. The Labute approximate surface area is 168 Å². The molecule has 3 N–H and O–H groups in total. The second-order valence-electron chi connectivity index (χ2n) is 7.28. The van der Waals surface area contributed by atoms with E-state index >= 15 is 0 Å². The summed E-state index contributed by atoms with van der Waals surface area (Å²) in [4.78, 5) is 34.5. The summed E-state index contributed by atoms with van der Waals surface area (Å²) in [5.74, 6) is 0.438. The molecule has 0 saturated carbocycles. The number of pyridine rings is 1. The van der Waals surface area contributed by atoms with Crippen LogP contribution in [0.4, 0.5) is 10.8 Å². The first kappa shape index (κ1) is 18.9. The summed E-state index contributed by atoms with van der Waals surface area (Å²) < 4.78 is 0. The highest BCUT2D eigenvalue weighted by Gasteiger charge is 2.26. The molecule has 2 aromatic rings. The number of carbonyl (C=O) groups is 2. The van der Waals surface area contributed by atoms with Crippen LogP contribution in [-0.2, 0) is 17.6 Å². The van der Waals surface area contributed by atoms with Crippen LogP contribution in [0, 0.1) is 0 Å². The summed E-state index contributed by atoms with van der Waals surface area (Å²) in [5, 5.41) is 3.57. The first-order chi connectivity index (χ1) is 13.6. The van der Waals surface area contributed by atoms with Crippen molar-refractivity contribution in [1.82, 2.24) is 9.88 Å². The molecule has 0 spiro atoms. The Bertz CT molecular complexity index is 859. The molecule has 1 aliphatic heterocycles. The number of hydrogen-bond acceptors (Lipinski definition) is 6. The SMILES string of the molecule is NC(=O)c1c(NC(=O)CN2CCN(c3ccccn3)CC2)sc2c1CCCC2. The fraction of sp³-hybridized carbons (Fsp3) is 0.450. The first-order valence-corrected chi connectivity index (χ1v) is 10.6. The van der Waals surface area contributed by atoms with E-state index < -0.39 is 5.91 Å². The molecule has 1 fully saturated rings. The van der Waals surface area contributed by atoms with Gasteiger partial charge in [-0.2, -0.15) is 0 Å². The van der Waals surface area contributed by atoms with Crippen molar-refractivity contribution in [3.05, 3.63) is 40.4 Å². The molecule has 0 bridgehead atoms. The van der Waals surface area contributed by atoms with Crippen LogP contribution in [0.15, 0.2) is 24.4 Å². The van der Waals surface area contributed by atoms with Gasteiger partial charge in [-0.05, 0) is 43.4 Å². The number of aromatic nitrogens is 1. The van der Waals surface area contributed by atoms with Crippen LogP contribution in [0.2, 0.25) is 0 Å². The average molecular weight is 400 g/mol. The van der Waals surface area contributed by atoms with Gasteiger partial charge in [-0.15, -0.1) is 11.3 Å². The quantitative estimate of drug-likeness (QED) is 0.801. The number of carbonyl (C=O) groups excluding carboxylic acids is 2. The smallest absolute Gasteiger partial charge is 0.251 e. The van der Waals surface area contributed by atoms with Gasteiger partial charge in [-0.3, -0.25) is 14.5 Å². The number of anilines is 2. The molecular weight excluding hydrogens is 374 g/mol. The van der Waals surface area contributed by atoms with Crippen molar-refractivity contribution in [1.29, 1.82) is 0 Å². The Morgan fingerprint density at radius 3 is 2.64 bits per heavy atom. The zero-order chi connectivity index (χ0) is 19.5. The summed E-state index contributed by atoms with van der Waals surface area (Å²) in [6, 6.07) is 5.90. The maximum absolute atomic E-state index is 12.6. The van der Waals surface area contributed by atoms with Crippen molar-refractivity contribution in [2.75, 3.05) is 42.9 Å². The van der Waals surface area contributed by atoms with E-state index in [9.17, 15) is 9.59 Å². The minimum Gasteiger partial charge on any atom is -0.365 e. The standard InChI is InChI=1S/C20H25N5O2S/c21-19(27)18-14-5-1-2-6-15(14)28-20(18)23-17(26)13-24-9-11-25(12-10-24)16-7-3-4-8-22-16/h3-4,7-8H,1-2,5-6,9-13H2,(H2,21,27)(H,23,26). The number of aryl methyl sites for hydroxylation is 1. The maximum Gasteiger partial charge on any atom is 0.251 e. The van der Waals surface area contributed by atoms with Crippen molar-refractivity contribution < 1.29 is 9.59 Å². The second kappa shape index (κ2) is 8.28. The van der Waals surface area contributed by atoms with E-state index in [2.05, 4.69) is 20.1 Å². The Balaban J connectivity index is 1.35. The number of rotatable bonds is 5. The predicted octanol–water partition coefficient (Wildman–Crippen LogP) is 1.88. The highest BCUT2D eigenvalue weighted by Crippen LogP contribution is 2.37. The normalized spacial score (nSPS) is 17.2. The zero-order valence-corrected chi connectivity index (χ0v) is 16.6. The Kier molecular flexibility index (Phi) is 5.59. The van der Waals surface area contributed by atoms with E-state index in [1.807, 2.05) is 18.2 Å². The number of fused-ring (bicyclic) bond motifs is 1. The van der Waals surface area contributed by atoms with E-state index in [0.29, 0.717) is 17.1 Å². The third-order valence-electron chi connectivity index (χ3n) is 5.38. The molecule has 0 unspecified atom stereocenters. The van der Waals surface area contributed by atoms with Crippen molar-refractivity contribution in [3.8, 4) is 0 Å². The van der Waals surface area contributed by atoms with E-state index in [0.717, 1.165) is 63.2 Å². The Hall–Kier alpha value is -2.45. The first-order valence-electron chi connectivity index (χ1n) is 9.74. The molecule has 2 aromatic heterocycles. The fourth-order valence-electron chi connectivity index (χ4n) is 3.96. The summed E-state index contributed by atoms with van der Waals surface area (Å²) in [6.07, 6.45) is 5.82. The minimum atomic E-state index is -0.446. The van der Waals surface area contributed by atoms with E-state index in [1.54, 1.807) is 6.20 Å². The number of nitrogens with one attached hydrogen (secondary N) is 1. The van der Waals surface area contributed by atoms with Gasteiger partial charge in [0.05, 0.1) is 12.1 Å². The second-order valence-corrected chi connectivity index (χ2v) is 8.38. The van der Waals surface area contributed by atoms with Crippen molar-refractivity contribution >= 4 is 34.0 Å². The van der Waals surface area contributed by atoms with Gasteiger partial charge in [0.15, 0.2) is 0 Å². The van der Waals surface area contributed by atoms with Gasteiger partial charge < -0.3 is 16.0 Å². The summed E-state index contributed by atoms with van der Waals surface area (Å²) in [5.41, 5.74) is 7.17. The predicted molar refractivity (Wildman–Crippen MR) is 111 cm³/mol. The van der Waals surface area contributed by atoms with E-state index in [1.165, 1.54) is 16.2 Å². The van der Waals surface area contributed by atoms with Crippen LogP contribution >= 0.6 is 11.3 Å². The number of piperazine rings is 1. The monoisotopic (exact) mass is 399 g/mol. The zero-order valence-electron chi connectivity index (χ0n) is 15.8. The molecule has 2 aliphatic rings. The van der Waals surface area contributed by atoms with Gasteiger partial charge in [0, 0.05) is 37.3 Å². The van der Waals surface area contributed by atoms with E-state index in [4.69, 9.17) is 5.73 Å². The lowest BCUT2D eigenvalue weighted by molar-refractivity contribution is -0.117. The topological polar surface area (TPSA) is 91.6 Å². The lowest BCUT2D eigenvalue weighted by Gasteiger charge is -2.34. The van der Waals surface area contributed by atoms with Crippen molar-refractivity contribution in [2.24, 2.45) is 5.73 Å². The number of nitrogens with two attached hydrogens (primary N) is 1. The van der Waals surface area contributed by atoms with Gasteiger partial charge in [-0.1, -0.05) is 6.07 Å². The molecule has 4 rings (SSSR count). The molecule has 148 valence electrons. The van der Waals surface area contributed by atoms with Crippen LogP contribution in [-0.4, -0.2) is 54.4 Å². The molecule has 0 aromatic carbocycles. The number of thiophene rings is 1. The van der Waals surface area contributed by atoms with Crippen molar-refractivity contribution in [2.45, 2.75) is 25.7 Å². The van der Waals surface area contributed by atoms with Gasteiger partial charge in [0.2, 0.25) is 5.91 Å². The summed E-state index contributed by atoms with van der Waals surface area (Å²) in [7, 11) is 0. The average Bonchev–Trinajstić information content (AvgIpc) is 3.07. The molecule has 28 heavy (non-hydrogen) atoms. The van der Waals surface area contributed by atoms with Gasteiger partial charge >= 0.3 is 0 Å². The molecule has 2 amide bonds. The van der Waals surface area contributed by atoms with Crippen LogP contribution in [0.1, 0.15) is 33.6 Å². The molecule has 1 aliphatic carbocycles. The number of primary amides is 1. The highest BCUT2D eigenvalue weighted by atomic mass is 32.1. The van der Waals surface area contributed by atoms with Crippen LogP contribution in [0.5, 0.6) is 0 Å². The molecule has 0 atom stereocenters. The van der Waals surface area contributed by atoms with Crippen LogP contribution < -0.4 is 16.0 Å². The van der Waals surface area contributed by atoms with Crippen LogP contribution in [0.25, 0.3) is 0 Å². The molecular formula is C20H25N5O2S. The molecule has 0 radical (unpaired) electrons. The van der Waals surface area contributed by atoms with Gasteiger partial charge in [-0.25, -0.2) is 4.98 Å².